The van der Waals surface area contributed by atoms with Crippen molar-refractivity contribution >= 4 is 17.7 Å². The highest BCUT2D eigenvalue weighted by molar-refractivity contribution is 5.99. The molecule has 2 aliphatic carbocycles. The third-order valence-electron chi connectivity index (χ3n) is 8.24. The predicted molar refractivity (Wildman–Crippen MR) is 125 cm³/mol. The first-order chi connectivity index (χ1) is 16.0. The summed E-state index contributed by atoms with van der Waals surface area (Å²) in [5.74, 6) is 0.166. The number of anilines is 1. The Bertz CT molecular complexity index is 895. The molecule has 1 saturated heterocycles. The average molecular weight is 458 g/mol. The van der Waals surface area contributed by atoms with Crippen LogP contribution in [0.4, 0.5) is 14.9 Å². The Morgan fingerprint density at radius 2 is 1.91 bits per heavy atom. The Labute approximate surface area is 195 Å². The molecule has 2 unspecified atom stereocenters. The molecule has 2 atom stereocenters. The van der Waals surface area contributed by atoms with Crippen LogP contribution in [0.2, 0.25) is 0 Å². The molecule has 0 bridgehead atoms. The molecule has 1 aromatic carbocycles. The molecule has 5 rings (SSSR count). The number of piperidine rings is 1. The summed E-state index contributed by atoms with van der Waals surface area (Å²) in [5, 5.41) is 3.06. The number of hydrogen-bond donors (Lipinski definition) is 1. The summed E-state index contributed by atoms with van der Waals surface area (Å²) < 4.78 is 19.4. The fourth-order valence-corrected chi connectivity index (χ4v) is 6.27. The second-order valence-electron chi connectivity index (χ2n) is 10.4. The first-order valence-electron chi connectivity index (χ1n) is 12.8. The Morgan fingerprint density at radius 1 is 1.15 bits per heavy atom. The summed E-state index contributed by atoms with van der Waals surface area (Å²) in [4.78, 5) is 29.4. The molecule has 2 saturated carbocycles. The minimum absolute atomic E-state index is 0.147. The Hall–Kier alpha value is -2.15. The lowest BCUT2D eigenvalue weighted by molar-refractivity contribution is -0.119. The van der Waals surface area contributed by atoms with E-state index in [2.05, 4.69) is 10.2 Å². The number of nitrogens with one attached hydrogen (secondary N) is 1. The monoisotopic (exact) mass is 457 g/mol. The van der Waals surface area contributed by atoms with Crippen LogP contribution in [0, 0.1) is 11.7 Å². The first-order valence-corrected chi connectivity index (χ1v) is 12.8. The van der Waals surface area contributed by atoms with E-state index < -0.39 is 0 Å². The van der Waals surface area contributed by atoms with Gasteiger partial charge in [0.1, 0.15) is 5.82 Å². The van der Waals surface area contributed by atoms with Crippen molar-refractivity contribution in [3.8, 4) is 0 Å². The summed E-state index contributed by atoms with van der Waals surface area (Å²) in [7, 11) is 0. The van der Waals surface area contributed by atoms with Gasteiger partial charge in [-0.3, -0.25) is 4.79 Å². The van der Waals surface area contributed by atoms with Gasteiger partial charge in [-0.15, -0.1) is 0 Å². The van der Waals surface area contributed by atoms with Crippen LogP contribution in [0.1, 0.15) is 70.3 Å². The standard InChI is InChI=1S/C26H36FN3O3/c1-2-33-25(32)28-20-5-3-4-6-21(16-20)29-13-11-26(12-14-29)17-30(24(31)18-7-8-18)23-10-9-19(27)15-22(23)26/h9-10,15,18,20-21H,2-8,11-14,16-17H2,1H3,(H,28,32). The Kier molecular flexibility index (Phi) is 6.34. The number of halogens is 1. The van der Waals surface area contributed by atoms with Crippen molar-refractivity contribution in [1.29, 1.82) is 0 Å². The number of ether oxygens (including phenoxy) is 1. The van der Waals surface area contributed by atoms with Crippen molar-refractivity contribution in [2.45, 2.75) is 82.2 Å². The Morgan fingerprint density at radius 3 is 2.64 bits per heavy atom. The molecule has 4 aliphatic rings. The number of fused-ring (bicyclic) bond motifs is 2. The summed E-state index contributed by atoms with van der Waals surface area (Å²) >= 11 is 0. The van der Waals surface area contributed by atoms with Gasteiger partial charge < -0.3 is 19.9 Å². The SMILES string of the molecule is CCOC(=O)NC1CCCCC(N2CCC3(CC2)CN(C(=O)C2CC2)c2ccc(F)cc23)C1. The van der Waals surface area contributed by atoms with E-state index in [1.807, 2.05) is 17.9 Å². The average Bonchev–Trinajstić information content (AvgIpc) is 3.63. The molecular weight excluding hydrogens is 421 g/mol. The van der Waals surface area contributed by atoms with Crippen LogP contribution in [-0.4, -0.2) is 55.2 Å². The molecule has 6 nitrogen and oxygen atoms in total. The fraction of sp³-hybridized carbons (Fsp3) is 0.692. The van der Waals surface area contributed by atoms with E-state index in [1.54, 1.807) is 6.07 Å². The van der Waals surface area contributed by atoms with Crippen molar-refractivity contribution < 1.29 is 18.7 Å². The largest absolute Gasteiger partial charge is 0.450 e. The molecule has 3 fully saturated rings. The van der Waals surface area contributed by atoms with E-state index >= 15 is 0 Å². The lowest BCUT2D eigenvalue weighted by Gasteiger charge is -2.43. The second kappa shape index (κ2) is 9.24. The van der Waals surface area contributed by atoms with Crippen LogP contribution < -0.4 is 10.2 Å². The number of carbonyl (C=O) groups is 2. The van der Waals surface area contributed by atoms with E-state index in [0.717, 1.165) is 75.7 Å². The normalized spacial score (nSPS) is 27.2. The molecular formula is C26H36FN3O3. The van der Waals surface area contributed by atoms with Crippen molar-refractivity contribution in [3.05, 3.63) is 29.6 Å². The van der Waals surface area contributed by atoms with Gasteiger partial charge in [0, 0.05) is 35.6 Å². The zero-order chi connectivity index (χ0) is 23.0. The molecule has 1 spiro atoms. The lowest BCUT2D eigenvalue weighted by atomic mass is 9.74. The molecule has 1 N–H and O–H groups in total. The van der Waals surface area contributed by atoms with Gasteiger partial charge in [0.05, 0.1) is 6.61 Å². The van der Waals surface area contributed by atoms with Gasteiger partial charge in [-0.25, -0.2) is 9.18 Å². The van der Waals surface area contributed by atoms with E-state index in [1.165, 1.54) is 12.5 Å². The predicted octanol–water partition coefficient (Wildman–Crippen LogP) is 4.36. The maximum absolute atomic E-state index is 14.3. The maximum Gasteiger partial charge on any atom is 0.407 e. The highest BCUT2D eigenvalue weighted by Crippen LogP contribution is 2.49. The van der Waals surface area contributed by atoms with E-state index in [4.69, 9.17) is 4.74 Å². The summed E-state index contributed by atoms with van der Waals surface area (Å²) in [5.41, 5.74) is 1.81. The van der Waals surface area contributed by atoms with Crippen molar-refractivity contribution in [1.82, 2.24) is 10.2 Å². The van der Waals surface area contributed by atoms with Gasteiger partial charge in [0.25, 0.3) is 0 Å². The van der Waals surface area contributed by atoms with Gasteiger partial charge in [-0.2, -0.15) is 0 Å². The molecule has 2 aliphatic heterocycles. The number of carbonyl (C=O) groups excluding carboxylic acids is 2. The molecule has 0 aromatic heterocycles. The lowest BCUT2D eigenvalue weighted by Crippen LogP contribution is -2.50. The van der Waals surface area contributed by atoms with E-state index in [9.17, 15) is 14.0 Å². The van der Waals surface area contributed by atoms with Gasteiger partial charge >= 0.3 is 6.09 Å². The van der Waals surface area contributed by atoms with Crippen molar-refractivity contribution in [3.63, 3.8) is 0 Å². The minimum Gasteiger partial charge on any atom is -0.450 e. The Balaban J connectivity index is 1.27. The van der Waals surface area contributed by atoms with Gasteiger partial charge in [0.15, 0.2) is 0 Å². The zero-order valence-corrected chi connectivity index (χ0v) is 19.7. The molecule has 7 heteroatoms. The quantitative estimate of drug-likeness (QED) is 0.683. The molecule has 2 amide bonds. The van der Waals surface area contributed by atoms with E-state index in [0.29, 0.717) is 19.2 Å². The highest BCUT2D eigenvalue weighted by atomic mass is 19.1. The third-order valence-corrected chi connectivity index (χ3v) is 8.24. The van der Waals surface area contributed by atoms with Crippen LogP contribution >= 0.6 is 0 Å². The van der Waals surface area contributed by atoms with Crippen LogP contribution in [0.5, 0.6) is 0 Å². The van der Waals surface area contributed by atoms with Crippen LogP contribution in [0.25, 0.3) is 0 Å². The molecule has 2 heterocycles. The second-order valence-corrected chi connectivity index (χ2v) is 10.4. The van der Waals surface area contributed by atoms with Crippen LogP contribution in [-0.2, 0) is 14.9 Å². The van der Waals surface area contributed by atoms with Crippen LogP contribution in [0.3, 0.4) is 0 Å². The number of alkyl carbamates (subject to hydrolysis) is 1. The number of nitrogens with zero attached hydrogens (tertiary/aromatic N) is 2. The highest BCUT2D eigenvalue weighted by Gasteiger charge is 2.49. The summed E-state index contributed by atoms with van der Waals surface area (Å²) in [6.07, 6.45) is 8.90. The van der Waals surface area contributed by atoms with Gasteiger partial charge in [-0.05, 0) is 88.7 Å². The smallest absolute Gasteiger partial charge is 0.407 e. The van der Waals surface area contributed by atoms with Crippen molar-refractivity contribution in [2.24, 2.45) is 5.92 Å². The minimum atomic E-state index is -0.314. The molecule has 0 radical (unpaired) electrons. The number of hydrogen-bond acceptors (Lipinski definition) is 4. The molecule has 180 valence electrons. The first kappa shape index (κ1) is 22.6. The molecule has 1 aromatic rings. The van der Waals surface area contributed by atoms with Gasteiger partial charge in [0.2, 0.25) is 5.91 Å². The van der Waals surface area contributed by atoms with Gasteiger partial charge in [-0.1, -0.05) is 12.8 Å². The maximum atomic E-state index is 14.3. The van der Waals surface area contributed by atoms with Crippen molar-refractivity contribution in [2.75, 3.05) is 31.1 Å². The topological polar surface area (TPSA) is 61.9 Å². The third kappa shape index (κ3) is 4.61. The summed E-state index contributed by atoms with van der Waals surface area (Å²) in [6, 6.07) is 5.57. The van der Waals surface area contributed by atoms with Crippen LogP contribution in [0.15, 0.2) is 18.2 Å². The number of amides is 2. The summed E-state index contributed by atoms with van der Waals surface area (Å²) in [6.45, 7) is 4.78. The fourth-order valence-electron chi connectivity index (χ4n) is 6.27. The molecule has 33 heavy (non-hydrogen) atoms. The number of benzene rings is 1. The van der Waals surface area contributed by atoms with E-state index in [-0.39, 0.29) is 35.2 Å². The zero-order valence-electron chi connectivity index (χ0n) is 19.7. The number of rotatable bonds is 4. The number of likely N-dealkylation sites (tertiary alicyclic amines) is 1.